The molecule has 0 aliphatic carbocycles. The largest absolute Gasteiger partial charge is 0.494 e. The van der Waals surface area contributed by atoms with E-state index in [2.05, 4.69) is 5.32 Å². The number of carbonyl (C=O) groups is 2. The molecule has 0 aromatic heterocycles. The summed E-state index contributed by atoms with van der Waals surface area (Å²) in [6.07, 6.45) is 0. The van der Waals surface area contributed by atoms with Gasteiger partial charge in [0.05, 0.1) is 34.0 Å². The second-order valence-electron chi connectivity index (χ2n) is 4.42. The van der Waals surface area contributed by atoms with Gasteiger partial charge in [0.1, 0.15) is 5.75 Å². The normalized spacial score (nSPS) is 10.3. The number of carbonyl (C=O) groups excluding carboxylic acids is 1. The number of halogens is 3. The summed E-state index contributed by atoms with van der Waals surface area (Å²) < 4.78 is 5.10. The van der Waals surface area contributed by atoms with Crippen molar-refractivity contribution in [1.82, 2.24) is 0 Å². The maximum absolute atomic E-state index is 12.4. The fraction of sp³-hybridized carbons (Fsp3) is 0.0667. The van der Waals surface area contributed by atoms with Crippen LogP contribution in [0.25, 0.3) is 0 Å². The molecule has 2 aromatic carbocycles. The molecule has 0 heterocycles. The van der Waals surface area contributed by atoms with Gasteiger partial charge in [-0.2, -0.15) is 0 Å². The molecule has 0 spiro atoms. The van der Waals surface area contributed by atoms with Gasteiger partial charge in [0.15, 0.2) is 0 Å². The first kappa shape index (κ1) is 17.4. The molecule has 2 N–H and O–H groups in total. The van der Waals surface area contributed by atoms with E-state index in [1.54, 1.807) is 0 Å². The molecule has 0 atom stereocenters. The molecule has 0 aliphatic heterocycles. The third-order valence-corrected chi connectivity index (χ3v) is 3.75. The van der Waals surface area contributed by atoms with E-state index in [4.69, 9.17) is 44.6 Å². The van der Waals surface area contributed by atoms with Crippen LogP contribution in [0.2, 0.25) is 15.1 Å². The van der Waals surface area contributed by atoms with Crippen molar-refractivity contribution in [3.8, 4) is 5.75 Å². The number of ether oxygens (including phenoxy) is 1. The first-order valence-corrected chi connectivity index (χ1v) is 7.34. The lowest BCUT2D eigenvalue weighted by Crippen LogP contribution is -2.14. The van der Waals surface area contributed by atoms with Gasteiger partial charge in [0, 0.05) is 5.02 Å². The molecule has 2 aromatic rings. The Morgan fingerprint density at radius 2 is 1.78 bits per heavy atom. The van der Waals surface area contributed by atoms with Crippen LogP contribution < -0.4 is 10.1 Å². The Kier molecular flexibility index (Phi) is 5.36. The van der Waals surface area contributed by atoms with Crippen molar-refractivity contribution in [2.24, 2.45) is 0 Å². The number of anilines is 1. The highest BCUT2D eigenvalue weighted by Gasteiger charge is 2.18. The quantitative estimate of drug-likeness (QED) is 0.819. The fourth-order valence-electron chi connectivity index (χ4n) is 1.88. The smallest absolute Gasteiger partial charge is 0.335 e. The van der Waals surface area contributed by atoms with Crippen LogP contribution in [0.3, 0.4) is 0 Å². The molecular weight excluding hydrogens is 365 g/mol. The Hall–Kier alpha value is -1.95. The number of carboxylic acid groups (broad SMARTS) is 1. The van der Waals surface area contributed by atoms with Gasteiger partial charge in [-0.3, -0.25) is 4.79 Å². The highest BCUT2D eigenvalue weighted by molar-refractivity contribution is 6.37. The molecule has 0 saturated carbocycles. The van der Waals surface area contributed by atoms with Crippen LogP contribution in [-0.2, 0) is 0 Å². The predicted octanol–water partition coefficient (Wildman–Crippen LogP) is 4.61. The lowest BCUT2D eigenvalue weighted by molar-refractivity contribution is 0.0696. The molecular formula is C15H10Cl3NO4. The molecule has 0 unspecified atom stereocenters. The maximum Gasteiger partial charge on any atom is 0.335 e. The average molecular weight is 375 g/mol. The zero-order valence-corrected chi connectivity index (χ0v) is 14.0. The summed E-state index contributed by atoms with van der Waals surface area (Å²) in [6, 6.07) is 6.79. The van der Waals surface area contributed by atoms with E-state index in [9.17, 15) is 9.59 Å². The van der Waals surface area contributed by atoms with Gasteiger partial charge < -0.3 is 15.2 Å². The number of amides is 1. The van der Waals surface area contributed by atoms with Gasteiger partial charge in [0.25, 0.3) is 5.91 Å². The molecule has 0 saturated heterocycles. The van der Waals surface area contributed by atoms with E-state index < -0.39 is 11.9 Å². The molecule has 0 bridgehead atoms. The lowest BCUT2D eigenvalue weighted by atomic mass is 10.1. The van der Waals surface area contributed by atoms with Crippen molar-refractivity contribution < 1.29 is 19.4 Å². The number of hydrogen-bond donors (Lipinski definition) is 2. The molecule has 1 amide bonds. The van der Waals surface area contributed by atoms with Gasteiger partial charge in [-0.25, -0.2) is 4.79 Å². The monoisotopic (exact) mass is 373 g/mol. The first-order chi connectivity index (χ1) is 10.8. The van der Waals surface area contributed by atoms with E-state index in [1.165, 1.54) is 37.4 Å². The Morgan fingerprint density at radius 1 is 1.09 bits per heavy atom. The molecule has 23 heavy (non-hydrogen) atoms. The molecule has 0 radical (unpaired) electrons. The summed E-state index contributed by atoms with van der Waals surface area (Å²) in [5.74, 6) is -1.57. The molecule has 5 nitrogen and oxygen atoms in total. The van der Waals surface area contributed by atoms with Gasteiger partial charge in [0.2, 0.25) is 0 Å². The van der Waals surface area contributed by atoms with E-state index in [0.29, 0.717) is 0 Å². The predicted molar refractivity (Wildman–Crippen MR) is 89.4 cm³/mol. The third-order valence-electron chi connectivity index (χ3n) is 2.92. The van der Waals surface area contributed by atoms with Crippen LogP contribution >= 0.6 is 34.8 Å². The fourth-order valence-corrected chi connectivity index (χ4v) is 2.62. The van der Waals surface area contributed by atoms with Crippen molar-refractivity contribution in [3.05, 3.63) is 56.5 Å². The van der Waals surface area contributed by atoms with E-state index in [1.807, 2.05) is 0 Å². The van der Waals surface area contributed by atoms with Crippen LogP contribution in [0.5, 0.6) is 5.75 Å². The molecule has 8 heteroatoms. The van der Waals surface area contributed by atoms with Crippen LogP contribution in [0.15, 0.2) is 30.3 Å². The molecule has 120 valence electrons. The van der Waals surface area contributed by atoms with Gasteiger partial charge in [-0.15, -0.1) is 0 Å². The Bertz CT molecular complexity index is 793. The standard InChI is InChI=1S/C15H10Cl3NO4/c1-23-13-9(5-8(16)6-11(13)18)14(20)19-12-4-7(15(21)22)2-3-10(12)17/h2-6H,1H3,(H,19,20)(H,21,22). The summed E-state index contributed by atoms with van der Waals surface area (Å²) in [5, 5.41) is 12.1. The summed E-state index contributed by atoms with van der Waals surface area (Å²) in [5.41, 5.74) is 0.234. The molecule has 2 rings (SSSR count). The van der Waals surface area contributed by atoms with Crippen LogP contribution in [-0.4, -0.2) is 24.1 Å². The van der Waals surface area contributed by atoms with Crippen LogP contribution in [0.4, 0.5) is 5.69 Å². The minimum atomic E-state index is -1.14. The van der Waals surface area contributed by atoms with Crippen molar-refractivity contribution >= 4 is 52.4 Å². The summed E-state index contributed by atoms with van der Waals surface area (Å²) in [4.78, 5) is 23.4. The van der Waals surface area contributed by atoms with E-state index >= 15 is 0 Å². The number of methoxy groups -OCH3 is 1. The number of nitrogens with one attached hydrogen (secondary N) is 1. The van der Waals surface area contributed by atoms with Crippen molar-refractivity contribution in [3.63, 3.8) is 0 Å². The van der Waals surface area contributed by atoms with E-state index in [0.717, 1.165) is 0 Å². The highest BCUT2D eigenvalue weighted by Crippen LogP contribution is 2.33. The van der Waals surface area contributed by atoms with Crippen molar-refractivity contribution in [2.75, 3.05) is 12.4 Å². The Balaban J connectivity index is 2.40. The second kappa shape index (κ2) is 7.08. The second-order valence-corrected chi connectivity index (χ2v) is 5.67. The highest BCUT2D eigenvalue weighted by atomic mass is 35.5. The minimum absolute atomic E-state index is 0.0132. The minimum Gasteiger partial charge on any atom is -0.494 e. The van der Waals surface area contributed by atoms with Gasteiger partial charge in [-0.05, 0) is 30.3 Å². The lowest BCUT2D eigenvalue weighted by Gasteiger charge is -2.12. The number of benzene rings is 2. The number of hydrogen-bond acceptors (Lipinski definition) is 3. The van der Waals surface area contributed by atoms with Gasteiger partial charge in [-0.1, -0.05) is 34.8 Å². The first-order valence-electron chi connectivity index (χ1n) is 6.20. The zero-order valence-electron chi connectivity index (χ0n) is 11.7. The van der Waals surface area contributed by atoms with Crippen molar-refractivity contribution in [2.45, 2.75) is 0 Å². The summed E-state index contributed by atoms with van der Waals surface area (Å²) in [6.45, 7) is 0. The van der Waals surface area contributed by atoms with Crippen LogP contribution in [0, 0.1) is 0 Å². The van der Waals surface area contributed by atoms with E-state index in [-0.39, 0.29) is 37.6 Å². The Morgan fingerprint density at radius 3 is 2.39 bits per heavy atom. The number of rotatable bonds is 4. The number of aromatic carboxylic acids is 1. The zero-order chi connectivity index (χ0) is 17.1. The summed E-state index contributed by atoms with van der Waals surface area (Å²) >= 11 is 17.9. The maximum atomic E-state index is 12.4. The number of carboxylic acids is 1. The van der Waals surface area contributed by atoms with Crippen LogP contribution in [0.1, 0.15) is 20.7 Å². The van der Waals surface area contributed by atoms with Gasteiger partial charge >= 0.3 is 5.97 Å². The summed E-state index contributed by atoms with van der Waals surface area (Å²) in [7, 11) is 1.37. The molecule has 0 fully saturated rings. The third kappa shape index (κ3) is 3.88. The average Bonchev–Trinajstić information content (AvgIpc) is 2.48. The van der Waals surface area contributed by atoms with Crippen molar-refractivity contribution in [1.29, 1.82) is 0 Å². The Labute approximate surface area is 146 Å². The SMILES string of the molecule is COc1c(Cl)cc(Cl)cc1C(=O)Nc1cc(C(=O)O)ccc1Cl. The molecule has 0 aliphatic rings. The topological polar surface area (TPSA) is 75.6 Å².